The predicted octanol–water partition coefficient (Wildman–Crippen LogP) is 5.42. The molecule has 3 heteroatoms. The van der Waals surface area contributed by atoms with Crippen molar-refractivity contribution in [2.24, 2.45) is 0 Å². The second-order valence-corrected chi connectivity index (χ2v) is 5.43. The van der Waals surface area contributed by atoms with Crippen molar-refractivity contribution < 1.29 is 9.47 Å². The minimum Gasteiger partial charge on any atom is -0.493 e. The Bertz CT molecular complexity index is 554. The lowest BCUT2D eigenvalue weighted by molar-refractivity contribution is 0.306. The van der Waals surface area contributed by atoms with Crippen molar-refractivity contribution in [2.75, 3.05) is 19.1 Å². The fraction of sp³-hybridized carbons (Fsp3) is 0.444. The van der Waals surface area contributed by atoms with E-state index in [2.05, 4.69) is 19.1 Å². The van der Waals surface area contributed by atoms with Crippen molar-refractivity contribution in [2.45, 2.75) is 32.6 Å². The highest BCUT2D eigenvalue weighted by Crippen LogP contribution is 2.33. The Morgan fingerprint density at radius 2 is 1.38 bits per heavy atom. The van der Waals surface area contributed by atoms with Crippen LogP contribution in [0.5, 0.6) is 11.5 Å². The fourth-order valence-corrected chi connectivity index (χ4v) is 2.39. The van der Waals surface area contributed by atoms with E-state index in [-0.39, 0.29) is 0 Å². The third-order valence-electron chi connectivity index (χ3n) is 3.39. The predicted molar refractivity (Wildman–Crippen MR) is 89.8 cm³/mol. The molecule has 0 N–H and O–H groups in total. The molecule has 2 nitrogen and oxygen atoms in total. The molecular formula is C18H23ClO2. The number of benzene rings is 2. The molecule has 0 heterocycles. The maximum absolute atomic E-state index is 5.89. The van der Waals surface area contributed by atoms with Crippen molar-refractivity contribution in [3.63, 3.8) is 0 Å². The van der Waals surface area contributed by atoms with Crippen LogP contribution in [0.2, 0.25) is 0 Å². The van der Waals surface area contributed by atoms with Gasteiger partial charge in [-0.05, 0) is 31.4 Å². The summed E-state index contributed by atoms with van der Waals surface area (Å²) in [5, 5.41) is 2.22. The van der Waals surface area contributed by atoms with Gasteiger partial charge in [0.15, 0.2) is 0 Å². The maximum atomic E-state index is 5.89. The molecule has 2 aromatic rings. The van der Waals surface area contributed by atoms with Crippen LogP contribution in [0.3, 0.4) is 0 Å². The van der Waals surface area contributed by atoms with E-state index in [1.165, 1.54) is 0 Å². The Hall–Kier alpha value is -1.41. The van der Waals surface area contributed by atoms with Crippen LogP contribution >= 0.6 is 11.6 Å². The molecular weight excluding hydrogens is 284 g/mol. The van der Waals surface area contributed by atoms with Crippen LogP contribution in [0.15, 0.2) is 36.4 Å². The zero-order chi connectivity index (χ0) is 14.9. The van der Waals surface area contributed by atoms with Gasteiger partial charge in [-0.15, -0.1) is 11.6 Å². The molecule has 114 valence electrons. The maximum Gasteiger partial charge on any atom is 0.127 e. The molecule has 2 aromatic carbocycles. The Labute approximate surface area is 132 Å². The van der Waals surface area contributed by atoms with Crippen LogP contribution in [-0.4, -0.2) is 19.1 Å². The Morgan fingerprint density at radius 1 is 0.810 bits per heavy atom. The number of fused-ring (bicyclic) bond motifs is 1. The smallest absolute Gasteiger partial charge is 0.127 e. The van der Waals surface area contributed by atoms with Crippen LogP contribution in [0.1, 0.15) is 32.6 Å². The van der Waals surface area contributed by atoms with E-state index in [1.54, 1.807) is 0 Å². The molecule has 0 atom stereocenters. The van der Waals surface area contributed by atoms with Crippen molar-refractivity contribution >= 4 is 22.4 Å². The van der Waals surface area contributed by atoms with Gasteiger partial charge >= 0.3 is 0 Å². The largest absolute Gasteiger partial charge is 0.493 e. The minimum atomic E-state index is 0.689. The topological polar surface area (TPSA) is 18.5 Å². The van der Waals surface area contributed by atoms with Gasteiger partial charge in [-0.2, -0.15) is 0 Å². The molecule has 0 radical (unpaired) electrons. The van der Waals surface area contributed by atoms with E-state index in [0.29, 0.717) is 12.5 Å². The lowest BCUT2D eigenvalue weighted by Gasteiger charge is -2.13. The molecule has 21 heavy (non-hydrogen) atoms. The molecule has 2 rings (SSSR count). The van der Waals surface area contributed by atoms with Gasteiger partial charge in [-0.25, -0.2) is 0 Å². The number of halogens is 1. The Balaban J connectivity index is 2.14. The van der Waals surface area contributed by atoms with Crippen molar-refractivity contribution in [3.05, 3.63) is 36.4 Å². The van der Waals surface area contributed by atoms with Crippen LogP contribution in [0.4, 0.5) is 0 Å². The van der Waals surface area contributed by atoms with E-state index in [9.17, 15) is 0 Å². The van der Waals surface area contributed by atoms with Crippen LogP contribution in [0, 0.1) is 0 Å². The first kappa shape index (κ1) is 16.0. The molecule has 0 aromatic heterocycles. The van der Waals surface area contributed by atoms with Gasteiger partial charge in [-0.3, -0.25) is 0 Å². The average molecular weight is 307 g/mol. The van der Waals surface area contributed by atoms with Gasteiger partial charge in [0.2, 0.25) is 0 Å². The number of hydrogen-bond acceptors (Lipinski definition) is 2. The monoisotopic (exact) mass is 306 g/mol. The quantitative estimate of drug-likeness (QED) is 0.455. The molecule has 0 bridgehead atoms. The highest BCUT2D eigenvalue weighted by atomic mass is 35.5. The van der Waals surface area contributed by atoms with E-state index in [1.807, 2.05) is 24.3 Å². The molecule has 0 saturated heterocycles. The zero-order valence-corrected chi connectivity index (χ0v) is 13.4. The van der Waals surface area contributed by atoms with Crippen molar-refractivity contribution in [1.29, 1.82) is 0 Å². The van der Waals surface area contributed by atoms with Gasteiger partial charge in [-0.1, -0.05) is 37.6 Å². The molecule has 0 aliphatic rings. The van der Waals surface area contributed by atoms with Crippen molar-refractivity contribution in [3.8, 4) is 11.5 Å². The first-order valence-electron chi connectivity index (χ1n) is 7.70. The molecule has 0 unspecified atom stereocenters. The normalized spacial score (nSPS) is 10.8. The average Bonchev–Trinajstić information content (AvgIpc) is 2.53. The second kappa shape index (κ2) is 8.78. The first-order chi connectivity index (χ1) is 10.4. The SMILES string of the molecule is CCCCOc1ccc(OCCCCCl)c2ccccc12. The minimum absolute atomic E-state index is 0.689. The summed E-state index contributed by atoms with van der Waals surface area (Å²) in [7, 11) is 0. The van der Waals surface area contributed by atoms with Crippen LogP contribution in [0.25, 0.3) is 10.8 Å². The van der Waals surface area contributed by atoms with E-state index >= 15 is 0 Å². The molecule has 0 fully saturated rings. The summed E-state index contributed by atoms with van der Waals surface area (Å²) in [4.78, 5) is 0. The zero-order valence-electron chi connectivity index (χ0n) is 12.6. The summed E-state index contributed by atoms with van der Waals surface area (Å²) in [6.07, 6.45) is 4.18. The number of ether oxygens (including phenoxy) is 2. The summed E-state index contributed by atoms with van der Waals surface area (Å²) in [5.74, 6) is 2.55. The highest BCUT2D eigenvalue weighted by molar-refractivity contribution is 6.17. The summed E-state index contributed by atoms with van der Waals surface area (Å²) in [5.41, 5.74) is 0. The molecule has 0 amide bonds. The standard InChI is InChI=1S/C18H23ClO2/c1-2-3-13-20-17-10-11-18(21-14-7-6-12-19)16-9-5-4-8-15(16)17/h4-5,8-11H,2-3,6-7,12-14H2,1H3. The third kappa shape index (κ3) is 4.53. The summed E-state index contributed by atoms with van der Waals surface area (Å²) in [6, 6.07) is 12.2. The number of alkyl halides is 1. The summed E-state index contributed by atoms with van der Waals surface area (Å²) < 4.78 is 11.8. The van der Waals surface area contributed by atoms with Crippen molar-refractivity contribution in [1.82, 2.24) is 0 Å². The lowest BCUT2D eigenvalue weighted by atomic mass is 10.1. The second-order valence-electron chi connectivity index (χ2n) is 5.05. The van der Waals surface area contributed by atoms with Gasteiger partial charge in [0.05, 0.1) is 13.2 Å². The van der Waals surface area contributed by atoms with Gasteiger partial charge in [0.25, 0.3) is 0 Å². The number of unbranched alkanes of at least 4 members (excludes halogenated alkanes) is 2. The number of hydrogen-bond donors (Lipinski definition) is 0. The Kier molecular flexibility index (Phi) is 6.68. The molecule has 0 spiro atoms. The first-order valence-corrected chi connectivity index (χ1v) is 8.23. The lowest BCUT2D eigenvalue weighted by Crippen LogP contribution is -2.00. The van der Waals surface area contributed by atoms with E-state index < -0.39 is 0 Å². The van der Waals surface area contributed by atoms with Crippen LogP contribution in [-0.2, 0) is 0 Å². The summed E-state index contributed by atoms with van der Waals surface area (Å²) in [6.45, 7) is 3.63. The summed E-state index contributed by atoms with van der Waals surface area (Å²) >= 11 is 5.69. The molecule has 0 aliphatic carbocycles. The number of rotatable bonds is 9. The third-order valence-corrected chi connectivity index (χ3v) is 3.65. The highest BCUT2D eigenvalue weighted by Gasteiger charge is 2.07. The Morgan fingerprint density at radius 3 is 1.90 bits per heavy atom. The molecule has 0 aliphatic heterocycles. The van der Waals surface area contributed by atoms with Gasteiger partial charge < -0.3 is 9.47 Å². The van der Waals surface area contributed by atoms with E-state index in [4.69, 9.17) is 21.1 Å². The fourth-order valence-electron chi connectivity index (χ4n) is 2.20. The van der Waals surface area contributed by atoms with Gasteiger partial charge in [0, 0.05) is 16.7 Å². The molecule has 0 saturated carbocycles. The van der Waals surface area contributed by atoms with E-state index in [0.717, 1.165) is 54.6 Å². The van der Waals surface area contributed by atoms with Gasteiger partial charge in [0.1, 0.15) is 11.5 Å². The van der Waals surface area contributed by atoms with Crippen LogP contribution < -0.4 is 9.47 Å².